The van der Waals surface area contributed by atoms with Gasteiger partial charge in [0.05, 0.1) is 12.2 Å². The SMILES string of the molecule is Cc1ccc(C(=O)c2cc(Br)ccc2OCC2CO2)cc1. The van der Waals surface area contributed by atoms with Gasteiger partial charge < -0.3 is 9.47 Å². The third-order valence-corrected chi connectivity index (χ3v) is 3.82. The largest absolute Gasteiger partial charge is 0.490 e. The van der Waals surface area contributed by atoms with Crippen molar-refractivity contribution in [1.82, 2.24) is 0 Å². The van der Waals surface area contributed by atoms with Crippen LogP contribution in [0, 0.1) is 6.92 Å². The predicted octanol–water partition coefficient (Wildman–Crippen LogP) is 3.77. The molecular formula is C17H15BrO3. The van der Waals surface area contributed by atoms with E-state index in [4.69, 9.17) is 9.47 Å². The molecule has 1 aliphatic rings. The van der Waals surface area contributed by atoms with E-state index < -0.39 is 0 Å². The Morgan fingerprint density at radius 2 is 2.00 bits per heavy atom. The molecule has 1 aliphatic heterocycles. The number of ketones is 1. The number of carbonyl (C=O) groups is 1. The second-order valence-corrected chi connectivity index (χ2v) is 6.02. The van der Waals surface area contributed by atoms with Crippen LogP contribution in [0.4, 0.5) is 0 Å². The summed E-state index contributed by atoms with van der Waals surface area (Å²) in [5, 5.41) is 0. The third kappa shape index (κ3) is 3.52. The van der Waals surface area contributed by atoms with E-state index in [0.29, 0.717) is 23.5 Å². The minimum absolute atomic E-state index is 0.0389. The van der Waals surface area contributed by atoms with Crippen molar-refractivity contribution in [2.45, 2.75) is 13.0 Å². The molecule has 0 N–H and O–H groups in total. The van der Waals surface area contributed by atoms with Gasteiger partial charge in [0, 0.05) is 10.0 Å². The van der Waals surface area contributed by atoms with Crippen molar-refractivity contribution in [2.75, 3.05) is 13.2 Å². The number of carbonyl (C=O) groups excluding carboxylic acids is 1. The average Bonchev–Trinajstić information content (AvgIpc) is 3.30. The second-order valence-electron chi connectivity index (χ2n) is 5.10. The predicted molar refractivity (Wildman–Crippen MR) is 84.0 cm³/mol. The van der Waals surface area contributed by atoms with Gasteiger partial charge in [-0.2, -0.15) is 0 Å². The fourth-order valence-corrected chi connectivity index (χ4v) is 2.37. The van der Waals surface area contributed by atoms with Crippen LogP contribution in [0.5, 0.6) is 5.75 Å². The highest BCUT2D eigenvalue weighted by Crippen LogP contribution is 2.27. The van der Waals surface area contributed by atoms with Crippen LogP contribution in [0.1, 0.15) is 21.5 Å². The molecule has 21 heavy (non-hydrogen) atoms. The van der Waals surface area contributed by atoms with Gasteiger partial charge >= 0.3 is 0 Å². The van der Waals surface area contributed by atoms with Gasteiger partial charge in [0.15, 0.2) is 5.78 Å². The Labute approximate surface area is 132 Å². The molecule has 1 heterocycles. The fourth-order valence-electron chi connectivity index (χ4n) is 2.01. The molecule has 0 spiro atoms. The van der Waals surface area contributed by atoms with Gasteiger partial charge in [0.25, 0.3) is 0 Å². The van der Waals surface area contributed by atoms with Gasteiger partial charge in [-0.3, -0.25) is 4.79 Å². The first kappa shape index (κ1) is 14.3. The van der Waals surface area contributed by atoms with Crippen molar-refractivity contribution in [2.24, 2.45) is 0 Å². The van der Waals surface area contributed by atoms with Crippen LogP contribution in [-0.4, -0.2) is 25.1 Å². The lowest BCUT2D eigenvalue weighted by Crippen LogP contribution is -2.09. The smallest absolute Gasteiger partial charge is 0.196 e. The maximum Gasteiger partial charge on any atom is 0.196 e. The Morgan fingerprint density at radius 1 is 1.29 bits per heavy atom. The third-order valence-electron chi connectivity index (χ3n) is 3.33. The summed E-state index contributed by atoms with van der Waals surface area (Å²) in [5.41, 5.74) is 2.35. The molecule has 0 aliphatic carbocycles. The zero-order chi connectivity index (χ0) is 14.8. The van der Waals surface area contributed by atoms with Crippen LogP contribution >= 0.6 is 15.9 Å². The van der Waals surface area contributed by atoms with Crippen LogP contribution in [0.15, 0.2) is 46.9 Å². The van der Waals surface area contributed by atoms with Crippen molar-refractivity contribution in [1.29, 1.82) is 0 Å². The quantitative estimate of drug-likeness (QED) is 0.611. The molecule has 1 unspecified atom stereocenters. The molecule has 108 valence electrons. The summed E-state index contributed by atoms with van der Waals surface area (Å²) in [6.07, 6.45) is 0.163. The van der Waals surface area contributed by atoms with E-state index in [1.807, 2.05) is 43.3 Å². The Morgan fingerprint density at radius 3 is 2.67 bits per heavy atom. The Kier molecular flexibility index (Phi) is 4.08. The summed E-state index contributed by atoms with van der Waals surface area (Å²) in [4.78, 5) is 12.7. The highest BCUT2D eigenvalue weighted by atomic mass is 79.9. The summed E-state index contributed by atoms with van der Waals surface area (Å²) < 4.78 is 11.7. The molecule has 2 aromatic carbocycles. The van der Waals surface area contributed by atoms with Crippen molar-refractivity contribution >= 4 is 21.7 Å². The monoisotopic (exact) mass is 346 g/mol. The van der Waals surface area contributed by atoms with Crippen LogP contribution in [0.25, 0.3) is 0 Å². The van der Waals surface area contributed by atoms with E-state index in [9.17, 15) is 4.79 Å². The van der Waals surface area contributed by atoms with Crippen LogP contribution in [0.2, 0.25) is 0 Å². The van der Waals surface area contributed by atoms with Gasteiger partial charge in [-0.05, 0) is 25.1 Å². The Hall–Kier alpha value is -1.65. The number of hydrogen-bond donors (Lipinski definition) is 0. The Bertz CT molecular complexity index is 660. The highest BCUT2D eigenvalue weighted by molar-refractivity contribution is 9.10. The first-order valence-corrected chi connectivity index (χ1v) is 7.58. The minimum atomic E-state index is -0.0389. The summed E-state index contributed by atoms with van der Waals surface area (Å²) in [6.45, 7) is 3.21. The zero-order valence-corrected chi connectivity index (χ0v) is 13.2. The topological polar surface area (TPSA) is 38.8 Å². The van der Waals surface area contributed by atoms with Crippen LogP contribution in [0.3, 0.4) is 0 Å². The summed E-state index contributed by atoms with van der Waals surface area (Å²) in [6, 6.07) is 13.0. The molecule has 4 heteroatoms. The van der Waals surface area contributed by atoms with E-state index in [2.05, 4.69) is 15.9 Å². The Balaban J connectivity index is 1.89. The maximum atomic E-state index is 12.7. The van der Waals surface area contributed by atoms with Gasteiger partial charge in [-0.25, -0.2) is 0 Å². The lowest BCUT2D eigenvalue weighted by molar-refractivity contribution is 0.103. The molecule has 1 fully saturated rings. The van der Waals surface area contributed by atoms with Crippen molar-refractivity contribution < 1.29 is 14.3 Å². The van der Waals surface area contributed by atoms with E-state index in [1.54, 1.807) is 6.07 Å². The molecular weight excluding hydrogens is 332 g/mol. The van der Waals surface area contributed by atoms with Crippen molar-refractivity contribution in [3.05, 3.63) is 63.6 Å². The number of benzene rings is 2. The highest BCUT2D eigenvalue weighted by Gasteiger charge is 2.24. The van der Waals surface area contributed by atoms with Gasteiger partial charge in [-0.1, -0.05) is 45.8 Å². The number of halogens is 1. The number of rotatable bonds is 5. The molecule has 0 amide bonds. The number of ether oxygens (including phenoxy) is 2. The minimum Gasteiger partial charge on any atom is -0.490 e. The summed E-state index contributed by atoms with van der Waals surface area (Å²) in [7, 11) is 0. The molecule has 0 radical (unpaired) electrons. The second kappa shape index (κ2) is 6.00. The lowest BCUT2D eigenvalue weighted by Gasteiger charge is -2.11. The molecule has 0 bridgehead atoms. The van der Waals surface area contributed by atoms with Crippen molar-refractivity contribution in [3.8, 4) is 5.75 Å². The van der Waals surface area contributed by atoms with E-state index in [1.165, 1.54) is 0 Å². The zero-order valence-electron chi connectivity index (χ0n) is 11.6. The maximum absolute atomic E-state index is 12.7. The molecule has 3 rings (SSSR count). The molecule has 1 saturated heterocycles. The normalized spacial score (nSPS) is 16.6. The van der Waals surface area contributed by atoms with Gasteiger partial charge in [-0.15, -0.1) is 0 Å². The molecule has 0 saturated carbocycles. The first-order valence-electron chi connectivity index (χ1n) is 6.79. The fraction of sp³-hybridized carbons (Fsp3) is 0.235. The molecule has 3 nitrogen and oxygen atoms in total. The summed E-state index contributed by atoms with van der Waals surface area (Å²) in [5.74, 6) is 0.558. The van der Waals surface area contributed by atoms with E-state index >= 15 is 0 Å². The van der Waals surface area contributed by atoms with E-state index in [-0.39, 0.29) is 11.9 Å². The van der Waals surface area contributed by atoms with E-state index in [0.717, 1.165) is 16.6 Å². The molecule has 1 atom stereocenters. The number of aryl methyl sites for hydroxylation is 1. The molecule has 0 aromatic heterocycles. The number of hydrogen-bond acceptors (Lipinski definition) is 3. The summed E-state index contributed by atoms with van der Waals surface area (Å²) >= 11 is 3.41. The number of epoxide rings is 1. The molecule has 2 aromatic rings. The van der Waals surface area contributed by atoms with Crippen LogP contribution < -0.4 is 4.74 Å². The van der Waals surface area contributed by atoms with Gasteiger partial charge in [0.1, 0.15) is 18.5 Å². The lowest BCUT2D eigenvalue weighted by atomic mass is 10.0. The van der Waals surface area contributed by atoms with Gasteiger partial charge in [0.2, 0.25) is 0 Å². The average molecular weight is 347 g/mol. The van der Waals surface area contributed by atoms with Crippen molar-refractivity contribution in [3.63, 3.8) is 0 Å². The van der Waals surface area contributed by atoms with Crippen LogP contribution in [-0.2, 0) is 4.74 Å². The standard InChI is InChI=1S/C17H15BrO3/c1-11-2-4-12(5-3-11)17(19)15-8-13(18)6-7-16(15)21-10-14-9-20-14/h2-8,14H,9-10H2,1H3. The first-order chi connectivity index (χ1) is 10.1.